The molecular formula is C10H18N2O3. The Hall–Kier alpha value is -1.23. The van der Waals surface area contributed by atoms with Gasteiger partial charge in [-0.25, -0.2) is 0 Å². The van der Waals surface area contributed by atoms with Crippen molar-refractivity contribution in [2.45, 2.75) is 32.7 Å². The minimum atomic E-state index is -0.409. The molecule has 5 nitrogen and oxygen atoms in total. The number of hydrogen-bond acceptors (Lipinski definition) is 4. The molecule has 1 atom stereocenters. The zero-order valence-corrected chi connectivity index (χ0v) is 9.42. The number of nitrogens with one attached hydrogen (secondary N) is 2. The molecule has 0 aromatic rings. The number of amides is 1. The zero-order chi connectivity index (χ0) is 11.8. The quantitative estimate of drug-likeness (QED) is 0.607. The molecule has 0 aliphatic heterocycles. The molecule has 0 saturated heterocycles. The highest BCUT2D eigenvalue weighted by Gasteiger charge is 2.16. The lowest BCUT2D eigenvalue weighted by Gasteiger charge is -2.14. The molecule has 0 heterocycles. The third-order valence-electron chi connectivity index (χ3n) is 1.96. The minimum absolute atomic E-state index is 0.0388. The van der Waals surface area contributed by atoms with E-state index < -0.39 is 6.04 Å². The van der Waals surface area contributed by atoms with Gasteiger partial charge < -0.3 is 15.4 Å². The molecule has 0 rings (SSSR count). The van der Waals surface area contributed by atoms with Gasteiger partial charge in [-0.15, -0.1) is 0 Å². The maximum atomic E-state index is 11.5. The first-order valence-corrected chi connectivity index (χ1v) is 4.91. The van der Waals surface area contributed by atoms with E-state index in [4.69, 9.17) is 0 Å². The Labute approximate surface area is 89.6 Å². The normalized spacial score (nSPS) is 11.9. The summed E-state index contributed by atoms with van der Waals surface area (Å²) in [5.41, 5.74) is 0. The van der Waals surface area contributed by atoms with Crippen molar-refractivity contribution in [3.05, 3.63) is 0 Å². The smallest absolute Gasteiger partial charge is 0.237 e. The zero-order valence-electron chi connectivity index (χ0n) is 9.42. The first kappa shape index (κ1) is 13.8. The van der Waals surface area contributed by atoms with Crippen molar-refractivity contribution in [1.29, 1.82) is 0 Å². The second kappa shape index (κ2) is 7.11. The maximum absolute atomic E-state index is 11.5. The summed E-state index contributed by atoms with van der Waals surface area (Å²) < 4.78 is 0. The first-order chi connectivity index (χ1) is 6.97. The van der Waals surface area contributed by atoms with Crippen LogP contribution in [-0.4, -0.2) is 37.1 Å². The molecule has 0 aliphatic carbocycles. The van der Waals surface area contributed by atoms with Crippen molar-refractivity contribution in [2.24, 2.45) is 0 Å². The van der Waals surface area contributed by atoms with E-state index in [9.17, 15) is 14.4 Å². The van der Waals surface area contributed by atoms with E-state index in [-0.39, 0.29) is 24.0 Å². The topological polar surface area (TPSA) is 75.3 Å². The highest BCUT2D eigenvalue weighted by molar-refractivity contribution is 5.87. The lowest BCUT2D eigenvalue weighted by Crippen LogP contribution is -2.44. The van der Waals surface area contributed by atoms with Gasteiger partial charge in [0.1, 0.15) is 11.6 Å². The van der Waals surface area contributed by atoms with Crippen molar-refractivity contribution in [3.8, 4) is 0 Å². The SMILES string of the molecule is CNC(CCC(C)=O)C(=O)NCC(C)=O. The van der Waals surface area contributed by atoms with Gasteiger partial charge in [-0.2, -0.15) is 0 Å². The summed E-state index contributed by atoms with van der Waals surface area (Å²) in [4.78, 5) is 32.8. The van der Waals surface area contributed by atoms with Crippen LogP contribution in [0.3, 0.4) is 0 Å². The van der Waals surface area contributed by atoms with E-state index in [0.717, 1.165) is 0 Å². The summed E-state index contributed by atoms with van der Waals surface area (Å²) in [7, 11) is 1.65. The Morgan fingerprint density at radius 3 is 2.13 bits per heavy atom. The third kappa shape index (κ3) is 6.79. The van der Waals surface area contributed by atoms with Gasteiger partial charge in [0.05, 0.1) is 12.6 Å². The average molecular weight is 214 g/mol. The molecule has 0 spiro atoms. The Morgan fingerprint density at radius 1 is 1.13 bits per heavy atom. The van der Waals surface area contributed by atoms with Gasteiger partial charge in [-0.1, -0.05) is 0 Å². The van der Waals surface area contributed by atoms with Crippen LogP contribution in [0.1, 0.15) is 26.7 Å². The fraction of sp³-hybridized carbons (Fsp3) is 0.700. The highest BCUT2D eigenvalue weighted by atomic mass is 16.2. The lowest BCUT2D eigenvalue weighted by atomic mass is 10.1. The van der Waals surface area contributed by atoms with Crippen molar-refractivity contribution in [1.82, 2.24) is 10.6 Å². The Kier molecular flexibility index (Phi) is 6.53. The molecule has 0 saturated carbocycles. The summed E-state index contributed by atoms with van der Waals surface area (Å²) in [5.74, 6) is -0.284. The predicted octanol–water partition coefficient (Wildman–Crippen LogP) is -0.351. The molecule has 15 heavy (non-hydrogen) atoms. The van der Waals surface area contributed by atoms with E-state index >= 15 is 0 Å². The van der Waals surface area contributed by atoms with Crippen LogP contribution in [0.25, 0.3) is 0 Å². The number of carbonyl (C=O) groups excluding carboxylic acids is 3. The van der Waals surface area contributed by atoms with Crippen LogP contribution in [0.15, 0.2) is 0 Å². The summed E-state index contributed by atoms with van der Waals surface area (Å²) >= 11 is 0. The van der Waals surface area contributed by atoms with E-state index in [1.807, 2.05) is 0 Å². The van der Waals surface area contributed by atoms with Crippen LogP contribution in [0.2, 0.25) is 0 Å². The van der Waals surface area contributed by atoms with Crippen LogP contribution < -0.4 is 10.6 Å². The molecule has 5 heteroatoms. The minimum Gasteiger partial charge on any atom is -0.348 e. The molecule has 0 bridgehead atoms. The molecule has 2 N–H and O–H groups in total. The number of ketones is 2. The molecular weight excluding hydrogens is 196 g/mol. The Morgan fingerprint density at radius 2 is 1.73 bits per heavy atom. The van der Waals surface area contributed by atoms with Crippen molar-refractivity contribution in [2.75, 3.05) is 13.6 Å². The largest absolute Gasteiger partial charge is 0.348 e. The average Bonchev–Trinajstić information content (AvgIpc) is 2.15. The van der Waals surface area contributed by atoms with E-state index in [0.29, 0.717) is 12.8 Å². The highest BCUT2D eigenvalue weighted by Crippen LogP contribution is 1.97. The summed E-state index contributed by atoms with van der Waals surface area (Å²) in [6.07, 6.45) is 0.814. The van der Waals surface area contributed by atoms with Crippen molar-refractivity contribution in [3.63, 3.8) is 0 Å². The summed E-state index contributed by atoms with van der Waals surface area (Å²) in [5, 5.41) is 5.30. The van der Waals surface area contributed by atoms with Gasteiger partial charge in [0.15, 0.2) is 0 Å². The van der Waals surface area contributed by atoms with E-state index in [1.54, 1.807) is 7.05 Å². The van der Waals surface area contributed by atoms with Gasteiger partial charge in [0.25, 0.3) is 0 Å². The van der Waals surface area contributed by atoms with E-state index in [1.165, 1.54) is 13.8 Å². The second-order valence-corrected chi connectivity index (χ2v) is 3.50. The molecule has 1 unspecified atom stereocenters. The van der Waals surface area contributed by atoms with E-state index in [2.05, 4.69) is 10.6 Å². The van der Waals surface area contributed by atoms with Crippen LogP contribution in [0, 0.1) is 0 Å². The fourth-order valence-corrected chi connectivity index (χ4v) is 1.09. The molecule has 0 fully saturated rings. The monoisotopic (exact) mass is 214 g/mol. The second-order valence-electron chi connectivity index (χ2n) is 3.50. The molecule has 86 valence electrons. The Balaban J connectivity index is 3.98. The third-order valence-corrected chi connectivity index (χ3v) is 1.96. The number of rotatable bonds is 7. The number of carbonyl (C=O) groups is 3. The van der Waals surface area contributed by atoms with Crippen molar-refractivity contribution < 1.29 is 14.4 Å². The van der Waals surface area contributed by atoms with Crippen LogP contribution in [-0.2, 0) is 14.4 Å². The van der Waals surface area contributed by atoms with Crippen LogP contribution >= 0.6 is 0 Å². The first-order valence-electron chi connectivity index (χ1n) is 4.91. The maximum Gasteiger partial charge on any atom is 0.237 e. The van der Waals surface area contributed by atoms with Gasteiger partial charge in [-0.3, -0.25) is 9.59 Å². The predicted molar refractivity (Wildman–Crippen MR) is 56.5 cm³/mol. The molecule has 0 radical (unpaired) electrons. The van der Waals surface area contributed by atoms with Gasteiger partial charge in [-0.05, 0) is 27.3 Å². The van der Waals surface area contributed by atoms with Gasteiger partial charge in [0.2, 0.25) is 5.91 Å². The standard InChI is InChI=1S/C10H18N2O3/c1-7(13)4-5-9(11-3)10(15)12-6-8(2)14/h9,11H,4-6H2,1-3H3,(H,12,15). The van der Waals surface area contributed by atoms with Gasteiger partial charge in [0, 0.05) is 6.42 Å². The van der Waals surface area contributed by atoms with Crippen LogP contribution in [0.4, 0.5) is 0 Å². The molecule has 0 aromatic carbocycles. The van der Waals surface area contributed by atoms with Crippen molar-refractivity contribution >= 4 is 17.5 Å². The van der Waals surface area contributed by atoms with Gasteiger partial charge >= 0.3 is 0 Å². The number of Topliss-reactive ketones (excluding diaryl/α,β-unsaturated/α-hetero) is 2. The molecule has 1 amide bonds. The number of hydrogen-bond donors (Lipinski definition) is 2. The molecule has 0 aliphatic rings. The summed E-state index contributed by atoms with van der Waals surface area (Å²) in [6, 6.07) is -0.409. The Bertz CT molecular complexity index is 251. The summed E-state index contributed by atoms with van der Waals surface area (Å²) in [6.45, 7) is 2.93. The molecule has 0 aromatic heterocycles. The van der Waals surface area contributed by atoms with Crippen LogP contribution in [0.5, 0.6) is 0 Å². The fourth-order valence-electron chi connectivity index (χ4n) is 1.09. The number of likely N-dealkylation sites (N-methyl/N-ethyl adjacent to an activating group) is 1. The lowest BCUT2D eigenvalue weighted by molar-refractivity contribution is -0.126.